The lowest BCUT2D eigenvalue weighted by Crippen LogP contribution is -2.34. The zero-order valence-electron chi connectivity index (χ0n) is 8.08. The van der Waals surface area contributed by atoms with E-state index in [1.54, 1.807) is 0 Å². The molecule has 13 heavy (non-hydrogen) atoms. The molecule has 2 N–H and O–H groups in total. The van der Waals surface area contributed by atoms with Gasteiger partial charge in [-0.25, -0.2) is 0 Å². The highest BCUT2D eigenvalue weighted by atomic mass is 16.7. The molecular formula is C8H17NO4. The van der Waals surface area contributed by atoms with E-state index in [1.807, 2.05) is 13.8 Å². The largest absolute Gasteiger partial charge is 0.480 e. The van der Waals surface area contributed by atoms with Gasteiger partial charge in [0.2, 0.25) is 0 Å². The van der Waals surface area contributed by atoms with E-state index in [2.05, 4.69) is 5.32 Å². The monoisotopic (exact) mass is 191 g/mol. The van der Waals surface area contributed by atoms with Crippen molar-refractivity contribution in [2.24, 2.45) is 0 Å². The van der Waals surface area contributed by atoms with Gasteiger partial charge in [0.25, 0.3) is 0 Å². The van der Waals surface area contributed by atoms with E-state index in [0.717, 1.165) is 0 Å². The standard InChI is InChI=1S/C8H17NO4/c1-3-12-8(13-4-2)6-9-5-7(10)11/h8-9H,3-6H2,1-2H3,(H,10,11). The van der Waals surface area contributed by atoms with Crippen molar-refractivity contribution in [2.45, 2.75) is 20.1 Å². The lowest BCUT2D eigenvalue weighted by Gasteiger charge is -2.16. The molecule has 0 aromatic rings. The van der Waals surface area contributed by atoms with Crippen molar-refractivity contribution in [3.05, 3.63) is 0 Å². The number of nitrogens with one attached hydrogen (secondary N) is 1. The van der Waals surface area contributed by atoms with Gasteiger partial charge in [0, 0.05) is 19.8 Å². The van der Waals surface area contributed by atoms with Crippen LogP contribution in [0.25, 0.3) is 0 Å². The van der Waals surface area contributed by atoms with Crippen LogP contribution in [-0.2, 0) is 14.3 Å². The highest BCUT2D eigenvalue weighted by Gasteiger charge is 2.07. The van der Waals surface area contributed by atoms with Crippen LogP contribution in [0.4, 0.5) is 0 Å². The second kappa shape index (κ2) is 7.97. The van der Waals surface area contributed by atoms with Crippen LogP contribution >= 0.6 is 0 Å². The van der Waals surface area contributed by atoms with E-state index >= 15 is 0 Å². The fraction of sp³-hybridized carbons (Fsp3) is 0.875. The average Bonchev–Trinajstić information content (AvgIpc) is 2.04. The number of carbonyl (C=O) groups is 1. The molecule has 0 unspecified atom stereocenters. The quantitative estimate of drug-likeness (QED) is 0.531. The van der Waals surface area contributed by atoms with Gasteiger partial charge in [0.1, 0.15) is 0 Å². The van der Waals surface area contributed by atoms with Crippen LogP contribution in [0.1, 0.15) is 13.8 Å². The van der Waals surface area contributed by atoms with Crippen LogP contribution in [0.5, 0.6) is 0 Å². The molecule has 0 bridgehead atoms. The molecule has 0 radical (unpaired) electrons. The Kier molecular flexibility index (Phi) is 7.57. The third-order valence-corrected chi connectivity index (χ3v) is 1.29. The number of carboxylic acids is 1. The second-order valence-electron chi connectivity index (χ2n) is 2.36. The first-order chi connectivity index (χ1) is 6.20. The van der Waals surface area contributed by atoms with E-state index in [-0.39, 0.29) is 12.8 Å². The molecule has 5 heteroatoms. The van der Waals surface area contributed by atoms with Gasteiger partial charge < -0.3 is 19.9 Å². The van der Waals surface area contributed by atoms with Gasteiger partial charge in [0.15, 0.2) is 6.29 Å². The van der Waals surface area contributed by atoms with Crippen LogP contribution in [0.15, 0.2) is 0 Å². The summed E-state index contributed by atoms with van der Waals surface area (Å²) in [6.07, 6.45) is -0.352. The van der Waals surface area contributed by atoms with E-state index in [1.165, 1.54) is 0 Å². The Labute approximate surface area is 78.0 Å². The van der Waals surface area contributed by atoms with Gasteiger partial charge in [-0.3, -0.25) is 4.79 Å². The maximum atomic E-state index is 10.2. The molecule has 0 heterocycles. The van der Waals surface area contributed by atoms with Gasteiger partial charge in [-0.1, -0.05) is 0 Å². The minimum absolute atomic E-state index is 0.0728. The van der Waals surface area contributed by atoms with Gasteiger partial charge >= 0.3 is 5.97 Å². The molecule has 0 aliphatic carbocycles. The number of rotatable bonds is 8. The Morgan fingerprint density at radius 3 is 2.31 bits per heavy atom. The third kappa shape index (κ3) is 7.70. The molecule has 0 spiro atoms. The van der Waals surface area contributed by atoms with Crippen LogP contribution < -0.4 is 5.32 Å². The number of carboxylic acid groups (broad SMARTS) is 1. The number of hydrogen-bond donors (Lipinski definition) is 2. The van der Waals surface area contributed by atoms with E-state index in [4.69, 9.17) is 14.6 Å². The SMILES string of the molecule is CCOC(CNCC(=O)O)OCC. The second-order valence-corrected chi connectivity index (χ2v) is 2.36. The predicted octanol–water partition coefficient (Wildman–Crippen LogP) is 0.0597. The van der Waals surface area contributed by atoms with Crippen molar-refractivity contribution in [3.63, 3.8) is 0 Å². The first kappa shape index (κ1) is 12.3. The molecular weight excluding hydrogens is 174 g/mol. The Morgan fingerprint density at radius 1 is 1.38 bits per heavy atom. The topological polar surface area (TPSA) is 67.8 Å². The molecule has 0 aliphatic rings. The summed E-state index contributed by atoms with van der Waals surface area (Å²) >= 11 is 0. The van der Waals surface area contributed by atoms with E-state index in [0.29, 0.717) is 19.8 Å². The Bertz CT molecular complexity index is 134. The van der Waals surface area contributed by atoms with Crippen molar-refractivity contribution in [1.82, 2.24) is 5.32 Å². The number of ether oxygens (including phenoxy) is 2. The normalized spacial score (nSPS) is 10.7. The highest BCUT2D eigenvalue weighted by molar-refractivity contribution is 5.68. The average molecular weight is 191 g/mol. The van der Waals surface area contributed by atoms with Crippen molar-refractivity contribution >= 4 is 5.97 Å². The molecule has 0 aromatic heterocycles. The minimum atomic E-state index is -0.883. The summed E-state index contributed by atoms with van der Waals surface area (Å²) in [6, 6.07) is 0. The molecule has 0 atom stereocenters. The summed E-state index contributed by atoms with van der Waals surface area (Å²) in [7, 11) is 0. The summed E-state index contributed by atoms with van der Waals surface area (Å²) in [4.78, 5) is 10.2. The van der Waals surface area contributed by atoms with Gasteiger partial charge in [-0.15, -0.1) is 0 Å². The molecule has 0 aromatic carbocycles. The summed E-state index contributed by atoms with van der Waals surface area (Å²) in [5, 5.41) is 11.0. The molecule has 0 saturated heterocycles. The Morgan fingerprint density at radius 2 is 1.92 bits per heavy atom. The van der Waals surface area contributed by atoms with Gasteiger partial charge in [0.05, 0.1) is 6.54 Å². The van der Waals surface area contributed by atoms with E-state index < -0.39 is 5.97 Å². The summed E-state index contributed by atoms with van der Waals surface area (Å²) in [5.74, 6) is -0.883. The summed E-state index contributed by atoms with van der Waals surface area (Å²) < 4.78 is 10.4. The smallest absolute Gasteiger partial charge is 0.317 e. The first-order valence-corrected chi connectivity index (χ1v) is 4.36. The first-order valence-electron chi connectivity index (χ1n) is 4.36. The fourth-order valence-corrected chi connectivity index (χ4v) is 0.835. The van der Waals surface area contributed by atoms with Gasteiger partial charge in [-0.05, 0) is 13.8 Å². The zero-order chi connectivity index (χ0) is 10.1. The van der Waals surface area contributed by atoms with Crippen LogP contribution in [0.2, 0.25) is 0 Å². The highest BCUT2D eigenvalue weighted by Crippen LogP contribution is 1.92. The molecule has 78 valence electrons. The molecule has 5 nitrogen and oxygen atoms in total. The van der Waals surface area contributed by atoms with Crippen LogP contribution in [-0.4, -0.2) is 43.7 Å². The third-order valence-electron chi connectivity index (χ3n) is 1.29. The minimum Gasteiger partial charge on any atom is -0.480 e. The predicted molar refractivity (Wildman–Crippen MR) is 47.5 cm³/mol. The zero-order valence-corrected chi connectivity index (χ0v) is 8.08. The van der Waals surface area contributed by atoms with Crippen molar-refractivity contribution < 1.29 is 19.4 Å². The molecule has 0 saturated carbocycles. The lowest BCUT2D eigenvalue weighted by molar-refractivity contribution is -0.140. The maximum absolute atomic E-state index is 10.2. The summed E-state index contributed by atoms with van der Waals surface area (Å²) in [5.41, 5.74) is 0. The maximum Gasteiger partial charge on any atom is 0.317 e. The molecule has 0 aliphatic heterocycles. The van der Waals surface area contributed by atoms with Crippen LogP contribution in [0, 0.1) is 0 Å². The number of hydrogen-bond acceptors (Lipinski definition) is 4. The molecule has 0 rings (SSSR count). The Hall–Kier alpha value is -0.650. The number of aliphatic carboxylic acids is 1. The van der Waals surface area contributed by atoms with E-state index in [9.17, 15) is 4.79 Å². The lowest BCUT2D eigenvalue weighted by atomic mass is 10.5. The fourth-order valence-electron chi connectivity index (χ4n) is 0.835. The van der Waals surface area contributed by atoms with Crippen molar-refractivity contribution in [1.29, 1.82) is 0 Å². The van der Waals surface area contributed by atoms with Crippen LogP contribution in [0.3, 0.4) is 0 Å². The molecule has 0 fully saturated rings. The van der Waals surface area contributed by atoms with Crippen molar-refractivity contribution in [2.75, 3.05) is 26.3 Å². The van der Waals surface area contributed by atoms with Gasteiger partial charge in [-0.2, -0.15) is 0 Å². The van der Waals surface area contributed by atoms with Crippen molar-refractivity contribution in [3.8, 4) is 0 Å². The molecule has 0 amide bonds. The Balaban J connectivity index is 3.49. The summed E-state index contributed by atoms with van der Waals surface area (Å²) in [6.45, 7) is 5.16.